The average molecular weight is 731 g/mol. The van der Waals surface area contributed by atoms with Crippen molar-refractivity contribution in [1.29, 1.82) is 0 Å². The molecule has 3 aliphatic heterocycles. The van der Waals surface area contributed by atoms with Crippen molar-refractivity contribution >= 4 is 122 Å². The van der Waals surface area contributed by atoms with Crippen molar-refractivity contribution in [2.24, 2.45) is 0 Å². The number of hydrogen-bond donors (Lipinski definition) is 0. The van der Waals surface area contributed by atoms with Gasteiger partial charge in [0.05, 0.1) is 0 Å². The van der Waals surface area contributed by atoms with Crippen molar-refractivity contribution in [2.75, 3.05) is 0 Å². The summed E-state index contributed by atoms with van der Waals surface area (Å²) in [5.74, 6) is -0.546. The molecule has 210 valence electrons. The van der Waals surface area contributed by atoms with Crippen LogP contribution in [0.15, 0.2) is 48.5 Å². The molecule has 0 radical (unpaired) electrons. The first kappa shape index (κ1) is 26.8. The van der Waals surface area contributed by atoms with Crippen LogP contribution in [0.25, 0.3) is 21.5 Å². The van der Waals surface area contributed by atoms with Crippen LogP contribution < -0.4 is 27.1 Å². The van der Waals surface area contributed by atoms with E-state index < -0.39 is 7.31 Å². The first-order valence-electron chi connectivity index (χ1n) is 11.5. The Morgan fingerprint density at radius 2 is 0.561 bits per heavy atom. The number of rotatable bonds is 0. The molecule has 3 heterocycles. The monoisotopic (exact) mass is 727 g/mol. The van der Waals surface area contributed by atoms with Gasteiger partial charge in [-0.1, -0.05) is 0 Å². The topological polar surface area (TPSA) is 55.4 Å². The summed E-state index contributed by atoms with van der Waals surface area (Å²) in [6.45, 7) is 0. The summed E-state index contributed by atoms with van der Waals surface area (Å²) in [7, 11) is -6.66. The van der Waals surface area contributed by atoms with Crippen molar-refractivity contribution in [3.8, 4) is 34.5 Å². The van der Waals surface area contributed by atoms with E-state index in [0.29, 0.717) is 10.8 Å². The average Bonchev–Trinajstić information content (AvgIpc) is 3.59. The molecule has 3 aliphatic rings. The molecule has 0 aliphatic carbocycles. The van der Waals surface area contributed by atoms with Crippen molar-refractivity contribution in [1.82, 2.24) is 0 Å². The Kier molecular flexibility index (Phi) is 5.23. The normalized spacial score (nSPS) is 19.4. The van der Waals surface area contributed by atoms with Gasteiger partial charge in [-0.3, -0.25) is 0 Å². The van der Waals surface area contributed by atoms with Crippen LogP contribution in [0.1, 0.15) is 0 Å². The van der Waals surface area contributed by atoms with Gasteiger partial charge in [-0.05, 0) is 0 Å². The molecule has 5 aromatic carbocycles. The van der Waals surface area contributed by atoms with Gasteiger partial charge >= 0.3 is 272 Å². The van der Waals surface area contributed by atoms with E-state index in [1.807, 2.05) is 48.5 Å². The third-order valence-electron chi connectivity index (χ3n) is 6.87. The zero-order valence-corrected chi connectivity index (χ0v) is 26.5. The summed E-state index contributed by atoms with van der Waals surface area (Å²) in [5.41, 5.74) is 0. The summed E-state index contributed by atoms with van der Waals surface area (Å²) in [4.78, 5) is 0. The van der Waals surface area contributed by atoms with E-state index in [-0.39, 0.29) is 74.7 Å². The van der Waals surface area contributed by atoms with Crippen LogP contribution in [0.3, 0.4) is 0 Å². The zero-order chi connectivity index (χ0) is 28.7. The molecule has 0 N–H and O–H groups in total. The summed E-state index contributed by atoms with van der Waals surface area (Å²) in [5, 5.41) is 1.69. The molecule has 0 aromatic heterocycles. The maximum atomic E-state index is 6.68. The Balaban J connectivity index is 1.51. The van der Waals surface area contributed by atoms with Gasteiger partial charge in [0.2, 0.25) is 0 Å². The van der Waals surface area contributed by atoms with Crippen molar-refractivity contribution < 1.29 is 27.1 Å². The van der Waals surface area contributed by atoms with Gasteiger partial charge in [0.15, 0.2) is 0 Å². The Labute approximate surface area is 270 Å². The third-order valence-corrected chi connectivity index (χ3v) is 13.7. The molecule has 15 heteroatoms. The molecule has 0 saturated carbocycles. The fourth-order valence-electron chi connectivity index (χ4n) is 5.16. The molecule has 0 amide bonds. The van der Waals surface area contributed by atoms with E-state index in [2.05, 4.69) is 0 Å². The molecule has 0 atom stereocenters. The van der Waals surface area contributed by atoms with Gasteiger partial charge in [0.1, 0.15) is 0 Å². The minimum absolute atomic E-state index is 0.123. The van der Waals surface area contributed by atoms with Gasteiger partial charge in [0.25, 0.3) is 0 Å². The van der Waals surface area contributed by atoms with E-state index in [4.69, 9.17) is 120 Å². The quantitative estimate of drug-likeness (QED) is 0.0684. The second kappa shape index (κ2) is 8.00. The Bertz CT molecular complexity index is 1880. The number of benzene rings is 5. The van der Waals surface area contributed by atoms with Gasteiger partial charge in [-0.15, -0.1) is 0 Å². The zero-order valence-electron chi connectivity index (χ0n) is 19.5. The van der Waals surface area contributed by atoms with E-state index >= 15 is 0 Å². The SMILES string of the molecule is Clc1c(Cl)c(Cl)c2c(c1Cl)O[P-]13(O2)(Oc2c(Cl)c(Cl)c(Cl)c(Cl)c2O1)Oc1c(c2ccccc2c2ccccc12)O3. The molecule has 0 unspecified atom stereocenters. The number of hydrogen-bond acceptors (Lipinski definition) is 6. The second-order valence-corrected chi connectivity index (χ2v) is 15.6. The molecule has 8 rings (SSSR count). The molecule has 5 aromatic rings. The summed E-state index contributed by atoms with van der Waals surface area (Å²) < 4.78 is 39.2. The number of fused-ring (bicyclic) bond motifs is 8. The summed E-state index contributed by atoms with van der Waals surface area (Å²) in [6.07, 6.45) is 0. The van der Waals surface area contributed by atoms with E-state index in [1.54, 1.807) is 0 Å². The molecule has 0 saturated heterocycles. The van der Waals surface area contributed by atoms with Crippen molar-refractivity contribution in [3.63, 3.8) is 0 Å². The Hall–Kier alpha value is -1.83. The second-order valence-electron chi connectivity index (χ2n) is 9.24. The van der Waals surface area contributed by atoms with Gasteiger partial charge in [0, 0.05) is 0 Å². The third kappa shape index (κ3) is 3.14. The van der Waals surface area contributed by atoms with Crippen molar-refractivity contribution in [3.05, 3.63) is 88.7 Å². The standard InChI is InChI=1S/C26H8Cl8O6P/c27-13-14(28)18(32)24-23(17(13)31)37-41(38-24,39-25-19(33)15(29)16(30)20(34)26(25)40-41)35-21-11-7-3-1-5-9(11)10-6-2-4-8-12(10)22(21)36-41/h1-8H/q-1. The molecule has 0 fully saturated rings. The van der Waals surface area contributed by atoms with Crippen LogP contribution in [0.5, 0.6) is 34.5 Å². The van der Waals surface area contributed by atoms with Crippen molar-refractivity contribution in [2.45, 2.75) is 0 Å². The van der Waals surface area contributed by atoms with E-state index in [9.17, 15) is 0 Å². The van der Waals surface area contributed by atoms with Crippen LogP contribution in [0, 0.1) is 0 Å². The predicted octanol–water partition coefficient (Wildman–Crippen LogP) is 12.5. The number of halogens is 8. The Morgan fingerprint density at radius 1 is 0.317 bits per heavy atom. The molecular formula is C26H8Cl8O6P-. The maximum absolute atomic E-state index is 6.68. The van der Waals surface area contributed by atoms with Gasteiger partial charge < -0.3 is 0 Å². The predicted molar refractivity (Wildman–Crippen MR) is 165 cm³/mol. The Morgan fingerprint density at radius 3 is 0.854 bits per heavy atom. The van der Waals surface area contributed by atoms with E-state index in [0.717, 1.165) is 10.8 Å². The summed E-state index contributed by atoms with van der Waals surface area (Å²) in [6, 6.07) is 14.9. The summed E-state index contributed by atoms with van der Waals surface area (Å²) >= 11 is 51.8. The molecule has 1 spiro atoms. The molecule has 0 bridgehead atoms. The van der Waals surface area contributed by atoms with Gasteiger partial charge in [-0.2, -0.15) is 0 Å². The molecular weight excluding hydrogens is 723 g/mol. The fourth-order valence-corrected chi connectivity index (χ4v) is 11.0. The van der Waals surface area contributed by atoms with Crippen LogP contribution in [-0.2, 0) is 0 Å². The van der Waals surface area contributed by atoms with Crippen LogP contribution >= 0.6 is 100 Å². The van der Waals surface area contributed by atoms with Crippen LogP contribution in [0.2, 0.25) is 40.2 Å². The fraction of sp³-hybridized carbons (Fsp3) is 0. The first-order valence-corrected chi connectivity index (χ1v) is 16.7. The molecule has 41 heavy (non-hydrogen) atoms. The van der Waals surface area contributed by atoms with E-state index in [1.165, 1.54) is 0 Å². The molecule has 6 nitrogen and oxygen atoms in total. The van der Waals surface area contributed by atoms with Crippen LogP contribution in [0.4, 0.5) is 0 Å². The van der Waals surface area contributed by atoms with Crippen LogP contribution in [-0.4, -0.2) is 0 Å². The first-order chi connectivity index (χ1) is 19.4. The van der Waals surface area contributed by atoms with Gasteiger partial charge in [-0.25, -0.2) is 0 Å². The minimum atomic E-state index is -6.66.